The third kappa shape index (κ3) is 8.92. The molecule has 0 aliphatic carbocycles. The molecule has 9 nitrogen and oxygen atoms in total. The summed E-state index contributed by atoms with van der Waals surface area (Å²) in [5, 5.41) is 3.05. The van der Waals surface area contributed by atoms with Gasteiger partial charge >= 0.3 is 0 Å². The molecular weight excluding hydrogens is 614 g/mol. The standard InChI is InChI=1S/C37H43N3O6S/c1-6-28(3)38-37(42)34(23-29-13-9-7-10-14-29)39(25-30-19-17-27(2)18-20-30)36(41)26-40(47(43,44)32-15-11-8-12-16-32)33-24-31(45-4)21-22-35(33)46-5/h7-22,24,28,34H,6,23,25-26H2,1-5H3,(H,38,42)/t28-,34+/m1/s1. The fraction of sp³-hybridized carbons (Fsp3) is 0.297. The SMILES string of the molecule is CC[C@@H](C)NC(=O)[C@H](Cc1ccccc1)N(Cc1ccc(C)cc1)C(=O)CN(c1cc(OC)ccc1OC)S(=O)(=O)c1ccccc1. The average molecular weight is 658 g/mol. The van der Waals surface area contributed by atoms with Crippen LogP contribution in [0.15, 0.2) is 108 Å². The number of ether oxygens (including phenoxy) is 2. The van der Waals surface area contributed by atoms with Crippen molar-refractivity contribution in [3.8, 4) is 11.5 Å². The topological polar surface area (TPSA) is 105 Å². The largest absolute Gasteiger partial charge is 0.497 e. The molecule has 47 heavy (non-hydrogen) atoms. The Kier molecular flexibility index (Phi) is 12.0. The first-order chi connectivity index (χ1) is 22.6. The number of hydrogen-bond donors (Lipinski definition) is 1. The molecule has 0 unspecified atom stereocenters. The van der Waals surface area contributed by atoms with E-state index in [4.69, 9.17) is 9.47 Å². The molecule has 4 rings (SSSR count). The lowest BCUT2D eigenvalue weighted by Gasteiger charge is -2.34. The number of amides is 2. The quantitative estimate of drug-likeness (QED) is 0.174. The van der Waals surface area contributed by atoms with Crippen molar-refractivity contribution >= 4 is 27.5 Å². The normalized spacial score (nSPS) is 12.4. The zero-order chi connectivity index (χ0) is 34.0. The molecule has 0 aliphatic rings. The number of sulfonamides is 1. The van der Waals surface area contributed by atoms with Crippen molar-refractivity contribution in [3.05, 3.63) is 120 Å². The first kappa shape index (κ1) is 35.0. The Morgan fingerprint density at radius 1 is 0.830 bits per heavy atom. The number of carbonyl (C=O) groups is 2. The van der Waals surface area contributed by atoms with Crippen LogP contribution in [0, 0.1) is 6.92 Å². The fourth-order valence-electron chi connectivity index (χ4n) is 5.11. The maximum atomic E-state index is 14.7. The van der Waals surface area contributed by atoms with E-state index in [2.05, 4.69) is 5.32 Å². The summed E-state index contributed by atoms with van der Waals surface area (Å²) in [6, 6.07) is 28.8. The highest BCUT2D eigenvalue weighted by Crippen LogP contribution is 2.36. The summed E-state index contributed by atoms with van der Waals surface area (Å²) < 4.78 is 40.7. The highest BCUT2D eigenvalue weighted by Gasteiger charge is 2.36. The van der Waals surface area contributed by atoms with Gasteiger partial charge in [-0.15, -0.1) is 0 Å². The smallest absolute Gasteiger partial charge is 0.264 e. The van der Waals surface area contributed by atoms with Gasteiger partial charge in [0.25, 0.3) is 10.0 Å². The Labute approximate surface area is 278 Å². The number of anilines is 1. The van der Waals surface area contributed by atoms with E-state index in [1.807, 2.05) is 75.4 Å². The molecule has 0 aromatic heterocycles. The van der Waals surface area contributed by atoms with Crippen LogP contribution >= 0.6 is 0 Å². The van der Waals surface area contributed by atoms with Crippen molar-refractivity contribution in [2.45, 2.75) is 57.1 Å². The zero-order valence-corrected chi connectivity index (χ0v) is 28.4. The van der Waals surface area contributed by atoms with E-state index in [-0.39, 0.29) is 41.2 Å². The molecule has 248 valence electrons. The number of methoxy groups -OCH3 is 2. The lowest BCUT2D eigenvalue weighted by atomic mass is 10.0. The number of nitrogens with zero attached hydrogens (tertiary/aromatic N) is 2. The molecule has 0 heterocycles. The van der Waals surface area contributed by atoms with Gasteiger partial charge in [0, 0.05) is 25.1 Å². The van der Waals surface area contributed by atoms with Gasteiger partial charge in [-0.05, 0) is 55.7 Å². The van der Waals surface area contributed by atoms with Crippen LogP contribution in [0.1, 0.15) is 37.0 Å². The predicted octanol–water partition coefficient (Wildman–Crippen LogP) is 5.76. The Hall–Kier alpha value is -4.83. The van der Waals surface area contributed by atoms with E-state index < -0.39 is 28.5 Å². The summed E-state index contributed by atoms with van der Waals surface area (Å²) in [5.41, 5.74) is 2.84. The summed E-state index contributed by atoms with van der Waals surface area (Å²) in [5.74, 6) is -0.262. The minimum absolute atomic E-state index is 0.00175. The van der Waals surface area contributed by atoms with Crippen molar-refractivity contribution in [2.24, 2.45) is 0 Å². The molecule has 2 amide bonds. The molecule has 1 N–H and O–H groups in total. The van der Waals surface area contributed by atoms with E-state index in [0.29, 0.717) is 12.2 Å². The monoisotopic (exact) mass is 657 g/mol. The molecule has 0 spiro atoms. The summed E-state index contributed by atoms with van der Waals surface area (Å²) >= 11 is 0. The van der Waals surface area contributed by atoms with Gasteiger partial charge in [-0.1, -0.05) is 85.3 Å². The van der Waals surface area contributed by atoms with E-state index in [9.17, 15) is 18.0 Å². The van der Waals surface area contributed by atoms with Crippen molar-refractivity contribution in [1.82, 2.24) is 10.2 Å². The number of hydrogen-bond acceptors (Lipinski definition) is 6. The van der Waals surface area contributed by atoms with E-state index in [1.165, 1.54) is 37.3 Å². The second kappa shape index (κ2) is 16.1. The van der Waals surface area contributed by atoms with E-state index in [0.717, 1.165) is 21.0 Å². The second-order valence-corrected chi connectivity index (χ2v) is 13.3. The number of aryl methyl sites for hydroxylation is 1. The van der Waals surface area contributed by atoms with E-state index >= 15 is 0 Å². The summed E-state index contributed by atoms with van der Waals surface area (Å²) in [6.45, 7) is 5.33. The number of carbonyl (C=O) groups excluding carboxylic acids is 2. The molecule has 0 aliphatic heterocycles. The van der Waals surface area contributed by atoms with Crippen LogP contribution in [-0.4, -0.2) is 58.0 Å². The van der Waals surface area contributed by atoms with Gasteiger partial charge in [0.15, 0.2) is 0 Å². The molecule has 10 heteroatoms. The van der Waals surface area contributed by atoms with Crippen LogP contribution in [0.4, 0.5) is 5.69 Å². The molecule has 0 saturated carbocycles. The van der Waals surface area contributed by atoms with Gasteiger partial charge in [-0.3, -0.25) is 13.9 Å². The van der Waals surface area contributed by atoms with Gasteiger partial charge in [-0.25, -0.2) is 8.42 Å². The number of benzene rings is 4. The number of rotatable bonds is 15. The van der Waals surface area contributed by atoms with Crippen molar-refractivity contribution in [2.75, 3.05) is 25.1 Å². The van der Waals surface area contributed by atoms with Crippen LogP contribution in [0.2, 0.25) is 0 Å². The fourth-order valence-corrected chi connectivity index (χ4v) is 6.55. The van der Waals surface area contributed by atoms with E-state index in [1.54, 1.807) is 30.3 Å². The molecular formula is C37H43N3O6S. The molecule has 4 aromatic carbocycles. The van der Waals surface area contributed by atoms with Crippen LogP contribution in [0.3, 0.4) is 0 Å². The van der Waals surface area contributed by atoms with Gasteiger partial charge in [0.05, 0.1) is 24.8 Å². The summed E-state index contributed by atoms with van der Waals surface area (Å²) in [7, 11) is -1.39. The Morgan fingerprint density at radius 3 is 2.06 bits per heavy atom. The highest BCUT2D eigenvalue weighted by molar-refractivity contribution is 7.92. The molecule has 0 radical (unpaired) electrons. The van der Waals surface area contributed by atoms with Crippen molar-refractivity contribution in [1.29, 1.82) is 0 Å². The maximum Gasteiger partial charge on any atom is 0.264 e. The van der Waals surface area contributed by atoms with Gasteiger partial charge < -0.3 is 19.7 Å². The lowest BCUT2D eigenvalue weighted by Crippen LogP contribution is -2.54. The van der Waals surface area contributed by atoms with Crippen LogP contribution in [0.25, 0.3) is 0 Å². The van der Waals surface area contributed by atoms with Crippen LogP contribution in [-0.2, 0) is 32.6 Å². The number of nitrogens with one attached hydrogen (secondary N) is 1. The average Bonchev–Trinajstić information content (AvgIpc) is 3.09. The Morgan fingerprint density at radius 2 is 1.47 bits per heavy atom. The predicted molar refractivity (Wildman–Crippen MR) is 184 cm³/mol. The van der Waals surface area contributed by atoms with Gasteiger partial charge in [0.2, 0.25) is 11.8 Å². The van der Waals surface area contributed by atoms with Crippen molar-refractivity contribution < 1.29 is 27.5 Å². The molecule has 0 fully saturated rings. The highest BCUT2D eigenvalue weighted by atomic mass is 32.2. The molecule has 0 bridgehead atoms. The third-order valence-corrected chi connectivity index (χ3v) is 9.78. The first-order valence-corrected chi connectivity index (χ1v) is 17.0. The van der Waals surface area contributed by atoms with Crippen LogP contribution in [0.5, 0.6) is 11.5 Å². The second-order valence-electron chi connectivity index (χ2n) is 11.4. The maximum absolute atomic E-state index is 14.7. The minimum atomic E-state index is -4.30. The summed E-state index contributed by atoms with van der Waals surface area (Å²) in [6.07, 6.45) is 0.934. The van der Waals surface area contributed by atoms with Gasteiger partial charge in [0.1, 0.15) is 24.1 Å². The van der Waals surface area contributed by atoms with Gasteiger partial charge in [-0.2, -0.15) is 0 Å². The minimum Gasteiger partial charge on any atom is -0.497 e. The first-order valence-electron chi connectivity index (χ1n) is 15.6. The zero-order valence-electron chi connectivity index (χ0n) is 27.6. The molecule has 2 atom stereocenters. The van der Waals surface area contributed by atoms with Crippen LogP contribution < -0.4 is 19.1 Å². The van der Waals surface area contributed by atoms with Crippen molar-refractivity contribution in [3.63, 3.8) is 0 Å². The Balaban J connectivity index is 1.86. The molecule has 4 aromatic rings. The third-order valence-electron chi connectivity index (χ3n) is 8.01. The Bertz CT molecular complexity index is 1730. The lowest BCUT2D eigenvalue weighted by molar-refractivity contribution is -0.140. The molecule has 0 saturated heterocycles. The summed E-state index contributed by atoms with van der Waals surface area (Å²) in [4.78, 5) is 30.2.